The molecule has 3 aliphatic heterocycles. The number of nitrogens with two attached hydrogens (primary N) is 1. The molecular formula is C28H46F3N3O3S3. The first-order valence-electron chi connectivity index (χ1n) is 14.2. The number of esters is 1. The average molecular weight is 626 g/mol. The minimum atomic E-state index is -1.02. The van der Waals surface area contributed by atoms with Gasteiger partial charge in [-0.15, -0.1) is 23.5 Å². The topological polar surface area (TPSA) is 87.2 Å². The molecule has 0 saturated carbocycles. The molecule has 0 aliphatic carbocycles. The van der Waals surface area contributed by atoms with Crippen molar-refractivity contribution in [2.45, 2.75) is 125 Å². The maximum Gasteiger partial charge on any atom is 0.350 e. The summed E-state index contributed by atoms with van der Waals surface area (Å²) < 4.78 is 47.0. The summed E-state index contributed by atoms with van der Waals surface area (Å²) >= 11 is 4.75. The largest absolute Gasteiger partial charge is 0.448 e. The molecule has 0 radical (unpaired) electrons. The molecule has 0 spiro atoms. The molecule has 3 unspecified atom stereocenters. The number of hydrogen-bond acceptors (Lipinski definition) is 8. The zero-order valence-electron chi connectivity index (χ0n) is 24.8. The van der Waals surface area contributed by atoms with E-state index in [4.69, 9.17) is 10.5 Å². The van der Waals surface area contributed by atoms with Crippen LogP contribution in [0.15, 0.2) is 17.1 Å². The van der Waals surface area contributed by atoms with Crippen LogP contribution in [0.4, 0.5) is 19.0 Å². The molecule has 3 aliphatic rings. The van der Waals surface area contributed by atoms with E-state index in [2.05, 4.69) is 11.9 Å². The molecule has 3 saturated heterocycles. The van der Waals surface area contributed by atoms with Gasteiger partial charge in [0.2, 0.25) is 0 Å². The van der Waals surface area contributed by atoms with Gasteiger partial charge in [-0.05, 0) is 25.3 Å². The SMILES string of the molecule is CC[C@H]1SC(C)[C@@H](F)[C@@H]1C.CC[C@H]1SC(OC(C)=O)[C@@H](F)[C@@H]1C.CC[C@H]1SC(n2ccc(N)nc2=O)[C@@H](F)[C@@H]1C. The summed E-state index contributed by atoms with van der Waals surface area (Å²) in [6.07, 6.45) is 1.85. The number of carbonyl (C=O) groups excluding carboxylic acids is 1. The molecule has 2 N–H and O–H groups in total. The molecule has 0 aromatic carbocycles. The molecular weight excluding hydrogens is 580 g/mol. The van der Waals surface area contributed by atoms with Crippen LogP contribution in [0, 0.1) is 17.8 Å². The fourth-order valence-corrected chi connectivity index (χ4v) is 9.98. The van der Waals surface area contributed by atoms with E-state index in [9.17, 15) is 22.8 Å². The highest BCUT2D eigenvalue weighted by molar-refractivity contribution is 8.01. The van der Waals surface area contributed by atoms with Gasteiger partial charge in [-0.3, -0.25) is 9.36 Å². The Hall–Kier alpha value is -1.01. The minimum Gasteiger partial charge on any atom is -0.448 e. The first-order valence-corrected chi connectivity index (χ1v) is 17.0. The molecule has 6 nitrogen and oxygen atoms in total. The first kappa shape index (κ1) is 35.2. The van der Waals surface area contributed by atoms with Crippen LogP contribution in [0.2, 0.25) is 0 Å². The maximum absolute atomic E-state index is 14.1. The van der Waals surface area contributed by atoms with Crippen LogP contribution < -0.4 is 11.4 Å². The van der Waals surface area contributed by atoms with E-state index in [1.165, 1.54) is 47.3 Å². The summed E-state index contributed by atoms with van der Waals surface area (Å²) in [7, 11) is 0. The van der Waals surface area contributed by atoms with E-state index in [-0.39, 0.29) is 39.3 Å². The van der Waals surface area contributed by atoms with Crippen molar-refractivity contribution in [1.29, 1.82) is 0 Å². The van der Waals surface area contributed by atoms with Crippen molar-refractivity contribution >= 4 is 47.1 Å². The number of nitrogen functional groups attached to an aromatic ring is 1. The first-order chi connectivity index (χ1) is 18.8. The van der Waals surface area contributed by atoms with E-state index in [1.807, 2.05) is 41.5 Å². The van der Waals surface area contributed by atoms with Crippen molar-refractivity contribution < 1.29 is 22.7 Å². The van der Waals surface area contributed by atoms with Crippen molar-refractivity contribution in [3.63, 3.8) is 0 Å². The number of ether oxygens (including phenoxy) is 1. The number of hydrogen-bond donors (Lipinski definition) is 1. The van der Waals surface area contributed by atoms with Crippen molar-refractivity contribution in [1.82, 2.24) is 9.55 Å². The van der Waals surface area contributed by atoms with Gasteiger partial charge in [-0.25, -0.2) is 18.0 Å². The molecule has 0 amide bonds. The van der Waals surface area contributed by atoms with Gasteiger partial charge in [0.15, 0.2) is 11.6 Å². The summed E-state index contributed by atoms with van der Waals surface area (Å²) in [4.78, 5) is 25.9. The van der Waals surface area contributed by atoms with E-state index >= 15 is 0 Å². The second kappa shape index (κ2) is 16.0. The number of thioether (sulfide) groups is 3. The third-order valence-corrected chi connectivity index (χ3v) is 13.3. The average Bonchev–Trinajstić information content (AvgIpc) is 3.45. The predicted octanol–water partition coefficient (Wildman–Crippen LogP) is 7.07. The smallest absolute Gasteiger partial charge is 0.350 e. The highest BCUT2D eigenvalue weighted by atomic mass is 32.2. The van der Waals surface area contributed by atoms with E-state index in [0.717, 1.165) is 19.3 Å². The predicted molar refractivity (Wildman–Crippen MR) is 164 cm³/mol. The van der Waals surface area contributed by atoms with E-state index < -0.39 is 41.0 Å². The molecule has 12 heteroatoms. The zero-order valence-corrected chi connectivity index (χ0v) is 27.2. The van der Waals surface area contributed by atoms with Gasteiger partial charge in [0.25, 0.3) is 0 Å². The van der Waals surface area contributed by atoms with Gasteiger partial charge in [0, 0.05) is 51.9 Å². The minimum absolute atomic E-state index is 0.0145. The second-order valence-corrected chi connectivity index (χ2v) is 15.1. The van der Waals surface area contributed by atoms with Crippen molar-refractivity contribution in [2.24, 2.45) is 17.8 Å². The highest BCUT2D eigenvalue weighted by Gasteiger charge is 2.43. The molecule has 4 rings (SSSR count). The van der Waals surface area contributed by atoms with Crippen molar-refractivity contribution in [3.05, 3.63) is 22.7 Å². The fraction of sp³-hybridized carbons (Fsp3) is 0.821. The third kappa shape index (κ3) is 8.75. The Morgan fingerprint density at radius 1 is 0.900 bits per heavy atom. The lowest BCUT2D eigenvalue weighted by molar-refractivity contribution is -0.144. The van der Waals surface area contributed by atoms with Crippen LogP contribution >= 0.6 is 35.3 Å². The number of rotatable bonds is 5. The van der Waals surface area contributed by atoms with Gasteiger partial charge in [0.05, 0.1) is 0 Å². The standard InChI is InChI=1S/C11H16FN3OS.C9H15FO2S.C8H15FS/c1-3-7-6(2)9(12)10(17-7)15-5-4-8(13)14-11(15)16;1-4-7-5(2)8(10)9(13-7)12-6(3)11;1-4-7-5(2)8(9)6(3)10-7/h4-7,9-10H,3H2,1-2H3,(H2,13,14,16);5,7-9H,4H2,1-3H3;5-8H,4H2,1-3H3/t6-,7-,9+,10?;5-,7-,8+,9?;5-,6?,7-,8+/m111/s1. The monoisotopic (exact) mass is 625 g/mol. The summed E-state index contributed by atoms with van der Waals surface area (Å²) in [5.41, 5.74) is 4.35. The Kier molecular flexibility index (Phi) is 14.1. The lowest BCUT2D eigenvalue weighted by Gasteiger charge is -2.15. The van der Waals surface area contributed by atoms with Crippen LogP contribution in [0.25, 0.3) is 0 Å². The van der Waals surface area contributed by atoms with Crippen molar-refractivity contribution in [3.8, 4) is 0 Å². The maximum atomic E-state index is 14.1. The zero-order chi connectivity index (χ0) is 30.3. The van der Waals surface area contributed by atoms with Crippen molar-refractivity contribution in [2.75, 3.05) is 5.73 Å². The summed E-state index contributed by atoms with van der Waals surface area (Å²) in [6.45, 7) is 15.3. The summed E-state index contributed by atoms with van der Waals surface area (Å²) in [5.74, 6) is -0.0161. The lowest BCUT2D eigenvalue weighted by atomic mass is 9.99. The van der Waals surface area contributed by atoms with Gasteiger partial charge >= 0.3 is 11.7 Å². The molecule has 0 bridgehead atoms. The Morgan fingerprint density at radius 2 is 1.40 bits per heavy atom. The normalized spacial score (nSPS) is 38.7. The summed E-state index contributed by atoms with van der Waals surface area (Å²) in [5, 5.41) is 0.833. The van der Waals surface area contributed by atoms with Crippen LogP contribution in [0.3, 0.4) is 0 Å². The third-order valence-electron chi connectivity index (χ3n) is 7.87. The Labute approximate surface area is 249 Å². The van der Waals surface area contributed by atoms with Crippen LogP contribution in [0.5, 0.6) is 0 Å². The Bertz CT molecular complexity index is 1010. The molecule has 230 valence electrons. The van der Waals surface area contributed by atoms with Gasteiger partial charge < -0.3 is 10.5 Å². The molecule has 40 heavy (non-hydrogen) atoms. The highest BCUT2D eigenvalue weighted by Crippen LogP contribution is 2.47. The van der Waals surface area contributed by atoms with Crippen LogP contribution in [-0.4, -0.2) is 60.5 Å². The summed E-state index contributed by atoms with van der Waals surface area (Å²) in [6, 6.07) is 1.53. The van der Waals surface area contributed by atoms with Crippen LogP contribution in [-0.2, 0) is 9.53 Å². The number of carbonyl (C=O) groups is 1. The van der Waals surface area contributed by atoms with Gasteiger partial charge in [-0.2, -0.15) is 16.7 Å². The Balaban J connectivity index is 0.000000218. The van der Waals surface area contributed by atoms with Gasteiger partial charge in [-0.1, -0.05) is 48.5 Å². The molecule has 1 aromatic rings. The number of halogens is 3. The second-order valence-electron chi connectivity index (χ2n) is 10.8. The Morgan fingerprint density at radius 3 is 1.80 bits per heavy atom. The number of aromatic nitrogens is 2. The number of nitrogens with zero attached hydrogens (tertiary/aromatic N) is 2. The van der Waals surface area contributed by atoms with E-state index in [1.54, 1.807) is 11.8 Å². The molecule has 1 aromatic heterocycles. The lowest BCUT2D eigenvalue weighted by Crippen LogP contribution is -2.29. The molecule has 3 fully saturated rings. The van der Waals surface area contributed by atoms with E-state index in [0.29, 0.717) is 5.25 Å². The number of anilines is 1. The molecule has 12 atom stereocenters. The quantitative estimate of drug-likeness (QED) is 0.348. The molecule has 4 heterocycles. The van der Waals surface area contributed by atoms with Gasteiger partial charge in [0.1, 0.15) is 23.5 Å². The number of alkyl halides is 3. The fourth-order valence-electron chi connectivity index (χ4n) is 5.27. The van der Waals surface area contributed by atoms with Crippen LogP contribution in [0.1, 0.15) is 80.0 Å².